The number of nitrogens with zero attached hydrogens (tertiary/aromatic N) is 4. The molecule has 0 atom stereocenters. The summed E-state index contributed by atoms with van der Waals surface area (Å²) in [6.45, 7) is 0. The van der Waals surface area contributed by atoms with Gasteiger partial charge in [-0.25, -0.2) is 0 Å². The van der Waals surface area contributed by atoms with E-state index in [1.807, 2.05) is 121 Å². The molecule has 0 fully saturated rings. The average Bonchev–Trinajstić information content (AvgIpc) is 3.08. The van der Waals surface area contributed by atoms with Gasteiger partial charge in [-0.05, 0) is 40.2 Å². The zero-order valence-electron chi connectivity index (χ0n) is 21.9. The number of ether oxygens (including phenoxy) is 2. The maximum atomic E-state index is 6.55. The largest absolute Gasteiger partial charge is 0.618 e. The Balaban J connectivity index is 0.00000302. The van der Waals surface area contributed by atoms with Crippen LogP contribution < -0.4 is 9.47 Å². The third kappa shape index (κ3) is 5.67. The van der Waals surface area contributed by atoms with Crippen LogP contribution in [0.2, 0.25) is 0 Å². The third-order valence-corrected chi connectivity index (χ3v) is 6.71. The molecule has 41 heavy (non-hydrogen) atoms. The van der Waals surface area contributed by atoms with Crippen molar-refractivity contribution < 1.29 is 42.2 Å². The Morgan fingerprint density at radius 1 is 0.707 bits per heavy atom. The number of fused-ring (bicyclic) bond motifs is 5. The first kappa shape index (κ1) is 26.9. The van der Waals surface area contributed by atoms with E-state index >= 15 is 0 Å². The molecule has 7 heteroatoms. The van der Waals surface area contributed by atoms with Crippen molar-refractivity contribution in [2.75, 3.05) is 0 Å². The number of rotatable bonds is 4. The molecule has 1 aliphatic rings. The van der Waals surface area contributed by atoms with Gasteiger partial charge in [-0.1, -0.05) is 85.3 Å². The Morgan fingerprint density at radius 2 is 1.44 bits per heavy atom. The summed E-state index contributed by atoms with van der Waals surface area (Å²) in [6.07, 6.45) is 0.756. The molecule has 6 aromatic rings. The molecule has 1 aliphatic heterocycles. The molecule has 1 heterocycles. The monoisotopic (exact) mass is 607 g/mol. The Labute approximate surface area is 262 Å². The SMILES string of the molecule is [Y].[c-]1ccccc1N=Nc1c(O[C-]2Cc3ccccc3N=Nc3c(ccc4ccccc34)O2)ccc2ccccc12. The molecular formula is C34H22N4O2Y-2. The van der Waals surface area contributed by atoms with Gasteiger partial charge in [0.2, 0.25) is 0 Å². The first-order valence-electron chi connectivity index (χ1n) is 12.9. The van der Waals surface area contributed by atoms with E-state index in [1.54, 1.807) is 0 Å². The van der Waals surface area contributed by atoms with Crippen molar-refractivity contribution >= 4 is 44.3 Å². The number of hydrogen-bond donors (Lipinski definition) is 0. The van der Waals surface area contributed by atoms with E-state index in [-0.39, 0.29) is 32.7 Å². The number of benzene rings is 6. The minimum atomic E-state index is 0. The Hall–Kier alpha value is -4.26. The Bertz CT molecular complexity index is 1910. The van der Waals surface area contributed by atoms with Gasteiger partial charge >= 0.3 is 0 Å². The molecule has 6 nitrogen and oxygen atoms in total. The molecular weight excluding hydrogens is 585 g/mol. The van der Waals surface area contributed by atoms with Crippen molar-refractivity contribution in [3.8, 4) is 11.5 Å². The third-order valence-electron chi connectivity index (χ3n) is 6.71. The predicted octanol–water partition coefficient (Wildman–Crippen LogP) is 10.1. The fraction of sp³-hybridized carbons (Fsp3) is 0.0294. The van der Waals surface area contributed by atoms with Gasteiger partial charge < -0.3 is 9.47 Å². The molecule has 0 spiro atoms. The van der Waals surface area contributed by atoms with Crippen LogP contribution >= 0.6 is 0 Å². The smallest absolute Gasteiger partial charge is 0.133 e. The van der Waals surface area contributed by atoms with Crippen LogP contribution in [0.3, 0.4) is 0 Å². The molecule has 7 rings (SSSR count). The summed E-state index contributed by atoms with van der Waals surface area (Å²) in [7, 11) is 0. The maximum Gasteiger partial charge on any atom is 0.133 e. The second-order valence-corrected chi connectivity index (χ2v) is 9.30. The van der Waals surface area contributed by atoms with Gasteiger partial charge in [-0.3, -0.25) is 0 Å². The molecule has 1 radical (unpaired) electrons. The molecule has 0 aromatic heterocycles. The number of azo groups is 2. The maximum absolute atomic E-state index is 6.55. The van der Waals surface area contributed by atoms with Crippen molar-refractivity contribution in [1.82, 2.24) is 0 Å². The average molecular weight is 607 g/mol. The van der Waals surface area contributed by atoms with E-state index in [9.17, 15) is 0 Å². The minimum absolute atomic E-state index is 0. The fourth-order valence-corrected chi connectivity index (χ4v) is 4.75. The van der Waals surface area contributed by atoms with Crippen molar-refractivity contribution in [1.29, 1.82) is 0 Å². The fourth-order valence-electron chi connectivity index (χ4n) is 4.75. The van der Waals surface area contributed by atoms with Crippen LogP contribution in [-0.4, -0.2) is 0 Å². The zero-order valence-corrected chi connectivity index (χ0v) is 24.8. The number of hydrogen-bond acceptors (Lipinski definition) is 6. The van der Waals surface area contributed by atoms with E-state index < -0.39 is 0 Å². The zero-order chi connectivity index (χ0) is 26.7. The first-order valence-corrected chi connectivity index (χ1v) is 12.9. The van der Waals surface area contributed by atoms with Crippen LogP contribution in [0.15, 0.2) is 142 Å². The van der Waals surface area contributed by atoms with E-state index in [0.29, 0.717) is 41.3 Å². The topological polar surface area (TPSA) is 67.9 Å². The molecule has 6 aromatic carbocycles. The molecule has 0 N–H and O–H groups in total. The van der Waals surface area contributed by atoms with Gasteiger partial charge in [-0.15, -0.1) is 16.3 Å². The summed E-state index contributed by atoms with van der Waals surface area (Å²) in [6, 6.07) is 42.3. The van der Waals surface area contributed by atoms with Crippen LogP contribution in [-0.2, 0) is 39.1 Å². The van der Waals surface area contributed by atoms with Crippen LogP contribution in [0.5, 0.6) is 11.5 Å². The first-order chi connectivity index (χ1) is 19.8. The van der Waals surface area contributed by atoms with E-state index in [2.05, 4.69) is 26.5 Å². The summed E-state index contributed by atoms with van der Waals surface area (Å²) >= 11 is 0. The molecule has 0 saturated carbocycles. The molecule has 0 bridgehead atoms. The molecule has 0 unspecified atom stereocenters. The van der Waals surface area contributed by atoms with Gasteiger partial charge in [0.1, 0.15) is 22.9 Å². The second kappa shape index (κ2) is 12.1. The van der Waals surface area contributed by atoms with Crippen LogP contribution in [0.4, 0.5) is 22.7 Å². The predicted molar refractivity (Wildman–Crippen MR) is 156 cm³/mol. The minimum Gasteiger partial charge on any atom is -0.618 e. The standard InChI is InChI=1S/C34H22N4O2.Y/c1-2-13-26(14-3-1)35-37-33-27-15-7-4-10-23(27)18-20-30(33)39-32-22-25-12-6-9-17-29(25)36-38-34-28-16-8-5-11-24(28)19-21-31(34)40-32;/h1-13,15-21H,22H2;/q-2;. The second-order valence-electron chi connectivity index (χ2n) is 9.30. The van der Waals surface area contributed by atoms with E-state index in [0.717, 1.165) is 32.8 Å². The quantitative estimate of drug-likeness (QED) is 0.148. The van der Waals surface area contributed by atoms with E-state index in [4.69, 9.17) is 9.47 Å². The molecule has 0 amide bonds. The summed E-state index contributed by atoms with van der Waals surface area (Å²) in [4.78, 5) is 0. The molecule has 0 aliphatic carbocycles. The van der Waals surface area contributed by atoms with Crippen molar-refractivity contribution in [2.24, 2.45) is 20.5 Å². The summed E-state index contributed by atoms with van der Waals surface area (Å²) in [5, 5.41) is 22.2. The van der Waals surface area contributed by atoms with Crippen LogP contribution in [0.25, 0.3) is 21.5 Å². The molecule has 0 saturated heterocycles. The van der Waals surface area contributed by atoms with Crippen molar-refractivity contribution in [3.63, 3.8) is 0 Å². The van der Waals surface area contributed by atoms with Gasteiger partial charge in [-0.2, -0.15) is 34.5 Å². The summed E-state index contributed by atoms with van der Waals surface area (Å²) in [5.41, 5.74) is 3.57. The van der Waals surface area contributed by atoms with Crippen LogP contribution in [0, 0.1) is 12.4 Å². The Kier molecular flexibility index (Phi) is 7.94. The molecule has 195 valence electrons. The van der Waals surface area contributed by atoms with Gasteiger partial charge in [0.15, 0.2) is 0 Å². The van der Waals surface area contributed by atoms with E-state index in [1.165, 1.54) is 0 Å². The van der Waals surface area contributed by atoms with Gasteiger partial charge in [0, 0.05) is 49.8 Å². The summed E-state index contributed by atoms with van der Waals surface area (Å²) < 4.78 is 13.0. The van der Waals surface area contributed by atoms with Crippen molar-refractivity contribution in [3.05, 3.63) is 139 Å². The Morgan fingerprint density at radius 3 is 2.29 bits per heavy atom. The summed E-state index contributed by atoms with van der Waals surface area (Å²) in [5.74, 6) is 1.09. The van der Waals surface area contributed by atoms with Crippen LogP contribution in [0.1, 0.15) is 5.56 Å². The van der Waals surface area contributed by atoms with Crippen molar-refractivity contribution in [2.45, 2.75) is 6.42 Å². The normalized spacial score (nSPS) is 13.0. The van der Waals surface area contributed by atoms with Gasteiger partial charge in [0.05, 0.1) is 5.69 Å². The van der Waals surface area contributed by atoms with Gasteiger partial charge in [0.25, 0.3) is 0 Å².